The Morgan fingerprint density at radius 2 is 1.21 bits per heavy atom. The van der Waals surface area contributed by atoms with Crippen molar-refractivity contribution >= 4 is 11.8 Å². The number of hydrogen-bond acceptors (Lipinski definition) is 6. The van der Waals surface area contributed by atoms with Gasteiger partial charge >= 0.3 is 0 Å². The molecular weight excluding hydrogens is 494 g/mol. The summed E-state index contributed by atoms with van der Waals surface area (Å²) in [6.45, 7) is 1.97. The molecule has 0 N–H and O–H groups in total. The highest BCUT2D eigenvalue weighted by Gasteiger charge is 2.40. The van der Waals surface area contributed by atoms with Crippen LogP contribution in [0.4, 0.5) is 0 Å². The summed E-state index contributed by atoms with van der Waals surface area (Å²) in [4.78, 5) is 4.51. The summed E-state index contributed by atoms with van der Waals surface area (Å²) < 4.78 is 25.7. The SMILES string of the molecule is c1ccc(COCC2O[C@@H](Sc3ccccn3)C(OCc3ccccc3)C[C@H]2OCc2ccccc2)cc1. The fourth-order valence-electron chi connectivity index (χ4n) is 4.37. The van der Waals surface area contributed by atoms with Crippen LogP contribution in [0.2, 0.25) is 0 Å². The van der Waals surface area contributed by atoms with Crippen molar-refractivity contribution in [3.8, 4) is 0 Å². The Morgan fingerprint density at radius 3 is 1.79 bits per heavy atom. The molecular formula is C32H33NO4S. The van der Waals surface area contributed by atoms with E-state index in [0.717, 1.165) is 21.7 Å². The van der Waals surface area contributed by atoms with E-state index < -0.39 is 0 Å². The lowest BCUT2D eigenvalue weighted by Gasteiger charge is -2.40. The van der Waals surface area contributed by atoms with E-state index in [1.54, 1.807) is 18.0 Å². The molecule has 5 rings (SSSR count). The van der Waals surface area contributed by atoms with Gasteiger partial charge < -0.3 is 18.9 Å². The van der Waals surface area contributed by atoms with E-state index in [0.29, 0.717) is 32.8 Å². The van der Waals surface area contributed by atoms with Crippen LogP contribution in [0, 0.1) is 0 Å². The molecule has 3 aromatic carbocycles. The first-order valence-electron chi connectivity index (χ1n) is 13.0. The summed E-state index contributed by atoms with van der Waals surface area (Å²) in [6, 6.07) is 36.6. The van der Waals surface area contributed by atoms with E-state index in [9.17, 15) is 0 Å². The third kappa shape index (κ3) is 8.00. The Balaban J connectivity index is 1.30. The van der Waals surface area contributed by atoms with Crippen molar-refractivity contribution in [1.29, 1.82) is 0 Å². The molecule has 0 saturated carbocycles. The zero-order valence-corrected chi connectivity index (χ0v) is 22.1. The fourth-order valence-corrected chi connectivity index (χ4v) is 5.43. The first-order chi connectivity index (χ1) is 18.8. The highest BCUT2D eigenvalue weighted by Crippen LogP contribution is 2.35. The smallest absolute Gasteiger partial charge is 0.135 e. The molecule has 1 fully saturated rings. The van der Waals surface area contributed by atoms with Gasteiger partial charge in [0.25, 0.3) is 0 Å². The van der Waals surface area contributed by atoms with Crippen molar-refractivity contribution < 1.29 is 18.9 Å². The second-order valence-electron chi connectivity index (χ2n) is 9.24. The van der Waals surface area contributed by atoms with Gasteiger partial charge in [-0.25, -0.2) is 4.98 Å². The molecule has 0 spiro atoms. The topological polar surface area (TPSA) is 49.8 Å². The molecule has 1 aromatic heterocycles. The molecule has 5 nitrogen and oxygen atoms in total. The van der Waals surface area contributed by atoms with Gasteiger partial charge in [0, 0.05) is 12.6 Å². The van der Waals surface area contributed by atoms with Crippen LogP contribution in [0.15, 0.2) is 120 Å². The van der Waals surface area contributed by atoms with Gasteiger partial charge in [0.05, 0.1) is 43.7 Å². The number of benzene rings is 3. The summed E-state index contributed by atoms with van der Waals surface area (Å²) in [7, 11) is 0. The van der Waals surface area contributed by atoms with Crippen LogP contribution in [-0.4, -0.2) is 35.3 Å². The van der Waals surface area contributed by atoms with Gasteiger partial charge in [-0.1, -0.05) is 109 Å². The van der Waals surface area contributed by atoms with E-state index in [2.05, 4.69) is 41.4 Å². The maximum Gasteiger partial charge on any atom is 0.135 e. The van der Waals surface area contributed by atoms with E-state index in [4.69, 9.17) is 18.9 Å². The molecule has 0 radical (unpaired) electrons. The minimum atomic E-state index is -0.240. The summed E-state index contributed by atoms with van der Waals surface area (Å²) in [6.07, 6.45) is 1.92. The van der Waals surface area contributed by atoms with Gasteiger partial charge in [-0.3, -0.25) is 0 Å². The average molecular weight is 528 g/mol. The molecule has 6 heteroatoms. The molecule has 4 atom stereocenters. The zero-order chi connectivity index (χ0) is 25.8. The van der Waals surface area contributed by atoms with E-state index in [1.165, 1.54) is 0 Å². The van der Waals surface area contributed by atoms with E-state index in [1.807, 2.05) is 72.8 Å². The van der Waals surface area contributed by atoms with Crippen LogP contribution in [0.25, 0.3) is 0 Å². The molecule has 196 valence electrons. The van der Waals surface area contributed by atoms with Crippen molar-refractivity contribution in [2.24, 2.45) is 0 Å². The van der Waals surface area contributed by atoms with Gasteiger partial charge in [-0.05, 0) is 28.8 Å². The van der Waals surface area contributed by atoms with Gasteiger partial charge in [-0.2, -0.15) is 0 Å². The first kappa shape index (κ1) is 26.6. The Labute approximate surface area is 229 Å². The van der Waals surface area contributed by atoms with Crippen molar-refractivity contribution in [3.63, 3.8) is 0 Å². The van der Waals surface area contributed by atoms with Crippen LogP contribution < -0.4 is 0 Å². The van der Waals surface area contributed by atoms with Crippen molar-refractivity contribution in [1.82, 2.24) is 4.98 Å². The lowest BCUT2D eigenvalue weighted by atomic mass is 10.0. The molecule has 0 aliphatic carbocycles. The van der Waals surface area contributed by atoms with Crippen LogP contribution in [0.3, 0.4) is 0 Å². The second-order valence-corrected chi connectivity index (χ2v) is 10.4. The largest absolute Gasteiger partial charge is 0.374 e. The van der Waals surface area contributed by atoms with Gasteiger partial charge in [0.2, 0.25) is 0 Å². The number of pyridine rings is 1. The lowest BCUT2D eigenvalue weighted by molar-refractivity contribution is -0.191. The third-order valence-electron chi connectivity index (χ3n) is 6.37. The quantitative estimate of drug-likeness (QED) is 0.205. The summed E-state index contributed by atoms with van der Waals surface area (Å²) >= 11 is 1.59. The first-order valence-corrected chi connectivity index (χ1v) is 13.9. The molecule has 0 amide bonds. The molecule has 2 heterocycles. The Kier molecular flexibility index (Phi) is 9.97. The number of aromatic nitrogens is 1. The molecule has 1 saturated heterocycles. The Hall–Kier alpha value is -3.00. The second kappa shape index (κ2) is 14.2. The lowest BCUT2D eigenvalue weighted by Crippen LogP contribution is -2.49. The molecule has 4 aromatic rings. The zero-order valence-electron chi connectivity index (χ0n) is 21.3. The highest BCUT2D eigenvalue weighted by molar-refractivity contribution is 7.99. The minimum absolute atomic E-state index is 0.173. The summed E-state index contributed by atoms with van der Waals surface area (Å²) in [5, 5.41) is 0.901. The van der Waals surface area contributed by atoms with Gasteiger partial charge in [-0.15, -0.1) is 0 Å². The van der Waals surface area contributed by atoms with Crippen molar-refractivity contribution in [2.75, 3.05) is 6.61 Å². The van der Waals surface area contributed by atoms with Gasteiger partial charge in [0.15, 0.2) is 0 Å². The molecule has 0 bridgehead atoms. The third-order valence-corrected chi connectivity index (χ3v) is 7.50. The van der Waals surface area contributed by atoms with Crippen molar-refractivity contribution in [2.45, 2.75) is 55.0 Å². The minimum Gasteiger partial charge on any atom is -0.374 e. The van der Waals surface area contributed by atoms with E-state index >= 15 is 0 Å². The number of rotatable bonds is 12. The predicted molar refractivity (Wildman–Crippen MR) is 150 cm³/mol. The summed E-state index contributed by atoms with van der Waals surface area (Å²) in [5.41, 5.74) is 3.15. The highest BCUT2D eigenvalue weighted by atomic mass is 32.2. The maximum atomic E-state index is 6.68. The molecule has 1 aliphatic heterocycles. The fraction of sp³-hybridized carbons (Fsp3) is 0.281. The van der Waals surface area contributed by atoms with Crippen LogP contribution >= 0.6 is 11.8 Å². The summed E-state index contributed by atoms with van der Waals surface area (Å²) in [5.74, 6) is 0. The van der Waals surface area contributed by atoms with Crippen molar-refractivity contribution in [3.05, 3.63) is 132 Å². The number of nitrogens with zero attached hydrogens (tertiary/aromatic N) is 1. The Bertz CT molecular complexity index is 1200. The van der Waals surface area contributed by atoms with Crippen LogP contribution in [0.5, 0.6) is 0 Å². The normalized spacial score (nSPS) is 21.3. The number of thioether (sulfide) groups is 1. The predicted octanol–water partition coefficient (Wildman–Crippen LogP) is 6.68. The van der Waals surface area contributed by atoms with Gasteiger partial charge in [0.1, 0.15) is 11.5 Å². The monoisotopic (exact) mass is 527 g/mol. The van der Waals surface area contributed by atoms with Crippen LogP contribution in [0.1, 0.15) is 23.1 Å². The van der Waals surface area contributed by atoms with E-state index in [-0.39, 0.29) is 23.7 Å². The Morgan fingerprint density at radius 1 is 0.658 bits per heavy atom. The average Bonchev–Trinajstić information content (AvgIpc) is 2.98. The number of hydrogen-bond donors (Lipinski definition) is 0. The standard InChI is InChI=1S/C32H33NO4S/c1-4-12-25(13-5-1)21-34-24-30-28(35-22-26-14-6-2-7-15-26)20-29(36-23-27-16-8-3-9-17-27)32(37-30)38-31-18-10-11-19-33-31/h1-19,28-30,32H,20-24H2/t28-,29?,30?,32+/m1/s1. The maximum absolute atomic E-state index is 6.68. The van der Waals surface area contributed by atoms with Crippen LogP contribution in [-0.2, 0) is 38.8 Å². The molecule has 2 unspecified atom stereocenters. The number of ether oxygens (including phenoxy) is 4. The molecule has 38 heavy (non-hydrogen) atoms. The molecule has 1 aliphatic rings.